The summed E-state index contributed by atoms with van der Waals surface area (Å²) in [6.07, 6.45) is 0.811. The molecule has 0 atom stereocenters. The second-order valence-corrected chi connectivity index (χ2v) is 6.80. The molecule has 0 aliphatic heterocycles. The Kier molecular flexibility index (Phi) is 6.75. The number of phenolic OH excluding ortho intramolecular Hbond substituents is 1. The van der Waals surface area contributed by atoms with E-state index < -0.39 is 0 Å². The molecule has 0 saturated heterocycles. The summed E-state index contributed by atoms with van der Waals surface area (Å²) in [6.45, 7) is 3.09. The molecule has 3 rings (SSSR count). The maximum atomic E-state index is 9.72. The number of hydrogen-bond acceptors (Lipinski definition) is 3. The first kappa shape index (κ1) is 20.0. The zero-order valence-corrected chi connectivity index (χ0v) is 16.6. The van der Waals surface area contributed by atoms with E-state index >= 15 is 0 Å². The highest BCUT2D eigenvalue weighted by Crippen LogP contribution is 2.37. The van der Waals surface area contributed by atoms with Crippen LogP contribution < -0.4 is 10.5 Å². The van der Waals surface area contributed by atoms with Gasteiger partial charge in [0.05, 0.1) is 0 Å². The van der Waals surface area contributed by atoms with Crippen molar-refractivity contribution in [3.8, 4) is 11.5 Å². The normalized spacial score (nSPS) is 11.8. The molecule has 0 heterocycles. The van der Waals surface area contributed by atoms with E-state index in [2.05, 4.69) is 6.92 Å². The van der Waals surface area contributed by atoms with Gasteiger partial charge in [0.1, 0.15) is 18.1 Å². The topological polar surface area (TPSA) is 55.5 Å². The Hall–Kier alpha value is -2.75. The molecule has 3 N–H and O–H groups in total. The lowest BCUT2D eigenvalue weighted by molar-refractivity contribution is 0.328. The third-order valence-corrected chi connectivity index (χ3v) is 4.87. The highest BCUT2D eigenvalue weighted by atomic mass is 35.5. The van der Waals surface area contributed by atoms with E-state index in [1.165, 1.54) is 0 Å². The van der Waals surface area contributed by atoms with Crippen LogP contribution in [-0.2, 0) is 0 Å². The van der Waals surface area contributed by atoms with Crippen molar-refractivity contribution in [1.82, 2.24) is 0 Å². The molecule has 0 aliphatic carbocycles. The molecule has 0 saturated carbocycles. The van der Waals surface area contributed by atoms with Gasteiger partial charge >= 0.3 is 0 Å². The predicted octanol–water partition coefficient (Wildman–Crippen LogP) is 5.75. The summed E-state index contributed by atoms with van der Waals surface area (Å²) in [5.41, 5.74) is 10.8. The van der Waals surface area contributed by atoms with Crippen molar-refractivity contribution in [3.05, 3.63) is 94.5 Å². The summed E-state index contributed by atoms with van der Waals surface area (Å²) >= 11 is 6.52. The number of rotatable bonds is 7. The number of benzene rings is 3. The highest BCUT2D eigenvalue weighted by molar-refractivity contribution is 6.32. The van der Waals surface area contributed by atoms with Crippen LogP contribution in [0.4, 0.5) is 0 Å². The molecule has 0 aromatic heterocycles. The van der Waals surface area contributed by atoms with Crippen LogP contribution in [0.2, 0.25) is 5.02 Å². The lowest BCUT2D eigenvalue weighted by Gasteiger charge is -2.17. The lowest BCUT2D eigenvalue weighted by atomic mass is 9.88. The quantitative estimate of drug-likeness (QED) is 0.502. The van der Waals surface area contributed by atoms with Crippen molar-refractivity contribution in [2.45, 2.75) is 13.3 Å². The van der Waals surface area contributed by atoms with Crippen LogP contribution in [0.15, 0.2) is 72.8 Å². The molecule has 0 fully saturated rings. The molecule has 3 aromatic carbocycles. The van der Waals surface area contributed by atoms with Crippen molar-refractivity contribution >= 4 is 22.7 Å². The lowest BCUT2D eigenvalue weighted by Crippen LogP contribution is -2.10. The molecule has 0 spiro atoms. The van der Waals surface area contributed by atoms with Crippen molar-refractivity contribution in [2.75, 3.05) is 13.2 Å². The molecule has 144 valence electrons. The van der Waals surface area contributed by atoms with Gasteiger partial charge in [-0.15, -0.1) is 0 Å². The van der Waals surface area contributed by atoms with E-state index in [9.17, 15) is 5.11 Å². The van der Waals surface area contributed by atoms with Gasteiger partial charge in [-0.2, -0.15) is 0 Å². The van der Waals surface area contributed by atoms with Gasteiger partial charge in [-0.25, -0.2) is 0 Å². The summed E-state index contributed by atoms with van der Waals surface area (Å²) in [7, 11) is 0. The molecule has 3 nitrogen and oxygen atoms in total. The Morgan fingerprint density at radius 2 is 1.54 bits per heavy atom. The molecule has 4 heteroatoms. The van der Waals surface area contributed by atoms with Gasteiger partial charge in [-0.05, 0) is 64.6 Å². The summed E-state index contributed by atoms with van der Waals surface area (Å²) in [5, 5.41) is 10.4. The van der Waals surface area contributed by atoms with Crippen LogP contribution in [0.5, 0.6) is 11.5 Å². The monoisotopic (exact) mass is 393 g/mol. The molecule has 0 amide bonds. The SMILES string of the molecule is CC/C(=C(\c1ccc(O)cc1)c1ccc(OCCN)cc1)c1ccccc1Cl. The number of halogens is 1. The van der Waals surface area contributed by atoms with Crippen LogP contribution in [0, 0.1) is 0 Å². The van der Waals surface area contributed by atoms with Crippen LogP contribution in [0.1, 0.15) is 30.0 Å². The predicted molar refractivity (Wildman–Crippen MR) is 117 cm³/mol. The van der Waals surface area contributed by atoms with E-state index in [-0.39, 0.29) is 5.75 Å². The third kappa shape index (κ3) is 4.56. The fraction of sp³-hybridized carbons (Fsp3) is 0.167. The Bertz CT molecular complexity index is 947. The van der Waals surface area contributed by atoms with Gasteiger partial charge in [-0.3, -0.25) is 0 Å². The zero-order valence-electron chi connectivity index (χ0n) is 15.9. The Balaban J connectivity index is 2.17. The average Bonchev–Trinajstić information content (AvgIpc) is 2.73. The van der Waals surface area contributed by atoms with Crippen molar-refractivity contribution in [1.29, 1.82) is 0 Å². The van der Waals surface area contributed by atoms with Crippen LogP contribution in [0.25, 0.3) is 11.1 Å². The first-order chi connectivity index (χ1) is 13.6. The Labute approximate surface area is 171 Å². The van der Waals surface area contributed by atoms with Gasteiger partial charge < -0.3 is 15.6 Å². The number of phenols is 1. The number of nitrogens with two attached hydrogens (primary N) is 1. The summed E-state index contributed by atoms with van der Waals surface area (Å²) in [4.78, 5) is 0. The summed E-state index contributed by atoms with van der Waals surface area (Å²) in [5.74, 6) is 1.03. The molecular formula is C24H24ClNO2. The minimum atomic E-state index is 0.240. The van der Waals surface area contributed by atoms with E-state index in [1.807, 2.05) is 60.7 Å². The van der Waals surface area contributed by atoms with Crippen molar-refractivity contribution in [2.24, 2.45) is 5.73 Å². The smallest absolute Gasteiger partial charge is 0.119 e. The zero-order chi connectivity index (χ0) is 19.9. The van der Waals surface area contributed by atoms with Gasteiger partial charge in [0, 0.05) is 11.6 Å². The van der Waals surface area contributed by atoms with E-state index in [0.717, 1.165) is 45.0 Å². The summed E-state index contributed by atoms with van der Waals surface area (Å²) in [6, 6.07) is 23.1. The standard InChI is InChI=1S/C24H24ClNO2/c1-2-21(22-5-3-4-6-23(22)25)24(17-7-11-19(27)12-8-17)18-9-13-20(14-10-18)28-16-15-26/h3-14,27H,2,15-16,26H2,1H3/b24-21-. The van der Waals surface area contributed by atoms with Crippen molar-refractivity contribution < 1.29 is 9.84 Å². The molecule has 0 radical (unpaired) electrons. The number of allylic oxidation sites excluding steroid dienone is 1. The second-order valence-electron chi connectivity index (χ2n) is 6.40. The van der Waals surface area contributed by atoms with Crippen LogP contribution in [0.3, 0.4) is 0 Å². The molecule has 0 aliphatic rings. The second kappa shape index (κ2) is 9.45. The molecule has 3 aromatic rings. The number of aromatic hydroxyl groups is 1. The maximum absolute atomic E-state index is 9.72. The minimum absolute atomic E-state index is 0.240. The third-order valence-electron chi connectivity index (χ3n) is 4.54. The molecule has 0 unspecified atom stereocenters. The molecule has 0 bridgehead atoms. The molecular weight excluding hydrogens is 370 g/mol. The number of hydrogen-bond donors (Lipinski definition) is 2. The van der Waals surface area contributed by atoms with Gasteiger partial charge in [0.15, 0.2) is 0 Å². The average molecular weight is 394 g/mol. The van der Waals surface area contributed by atoms with E-state index in [4.69, 9.17) is 22.1 Å². The van der Waals surface area contributed by atoms with Crippen LogP contribution in [-0.4, -0.2) is 18.3 Å². The summed E-state index contributed by atoms with van der Waals surface area (Å²) < 4.78 is 5.61. The van der Waals surface area contributed by atoms with E-state index in [0.29, 0.717) is 13.2 Å². The van der Waals surface area contributed by atoms with Gasteiger partial charge in [-0.1, -0.05) is 61.0 Å². The highest BCUT2D eigenvalue weighted by Gasteiger charge is 2.15. The maximum Gasteiger partial charge on any atom is 0.119 e. The molecule has 28 heavy (non-hydrogen) atoms. The Morgan fingerprint density at radius 1 is 0.929 bits per heavy atom. The minimum Gasteiger partial charge on any atom is -0.508 e. The van der Waals surface area contributed by atoms with E-state index in [1.54, 1.807) is 12.1 Å². The first-order valence-corrected chi connectivity index (χ1v) is 9.72. The van der Waals surface area contributed by atoms with Gasteiger partial charge in [0.25, 0.3) is 0 Å². The first-order valence-electron chi connectivity index (χ1n) is 9.34. The fourth-order valence-electron chi connectivity index (χ4n) is 3.25. The van der Waals surface area contributed by atoms with Crippen LogP contribution >= 0.6 is 11.6 Å². The van der Waals surface area contributed by atoms with Gasteiger partial charge in [0.2, 0.25) is 0 Å². The Morgan fingerprint density at radius 3 is 2.11 bits per heavy atom. The largest absolute Gasteiger partial charge is 0.508 e. The van der Waals surface area contributed by atoms with Crippen molar-refractivity contribution in [3.63, 3.8) is 0 Å². The fourth-order valence-corrected chi connectivity index (χ4v) is 3.50. The number of ether oxygens (including phenoxy) is 1.